The Morgan fingerprint density at radius 3 is 2.13 bits per heavy atom. The van der Waals surface area contributed by atoms with Gasteiger partial charge in [0.15, 0.2) is 0 Å². The number of unbranched alkanes of at least 4 members (excludes halogenated alkanes) is 5. The molecular weight excluding hydrogens is 179 g/mol. The molecule has 15 heavy (non-hydrogen) atoms. The minimum absolute atomic E-state index is 1.26. The van der Waals surface area contributed by atoms with Gasteiger partial charge >= 0.3 is 0 Å². The van der Waals surface area contributed by atoms with Crippen LogP contribution in [0.5, 0.6) is 0 Å². The van der Waals surface area contributed by atoms with Crippen molar-refractivity contribution < 1.29 is 0 Å². The largest absolute Gasteiger partial charge is 0.139 e. The van der Waals surface area contributed by atoms with Gasteiger partial charge in [0, 0.05) is 0 Å². The molecule has 0 saturated heterocycles. The molecule has 0 bridgehead atoms. The Bertz CT molecular complexity index is 251. The molecule has 1 aromatic rings. The maximum atomic E-state index is 2.27. The van der Waals surface area contributed by atoms with E-state index in [-0.39, 0.29) is 0 Å². The topological polar surface area (TPSA) is 0 Å². The summed E-state index contributed by atoms with van der Waals surface area (Å²) in [6.07, 6.45) is 9.60. The van der Waals surface area contributed by atoms with Crippen LogP contribution in [0.2, 0.25) is 0 Å². The van der Waals surface area contributed by atoms with Crippen molar-refractivity contribution in [1.82, 2.24) is 0 Å². The van der Waals surface area contributed by atoms with Gasteiger partial charge < -0.3 is 0 Å². The molecule has 0 amide bonds. The van der Waals surface area contributed by atoms with Crippen LogP contribution in [0, 0.1) is 0 Å². The van der Waals surface area contributed by atoms with E-state index in [9.17, 15) is 0 Å². The first-order valence-corrected chi connectivity index (χ1v) is 6.38. The highest BCUT2D eigenvalue weighted by molar-refractivity contribution is 6.32. The predicted molar refractivity (Wildman–Crippen MR) is 71.7 cm³/mol. The summed E-state index contributed by atoms with van der Waals surface area (Å²) in [6.45, 7) is 2.27. The van der Waals surface area contributed by atoms with Crippen molar-refractivity contribution in [2.75, 3.05) is 0 Å². The molecule has 0 aliphatic carbocycles. The zero-order chi connectivity index (χ0) is 10.9. The summed E-state index contributed by atoms with van der Waals surface area (Å²) < 4.78 is 0. The second-order valence-corrected chi connectivity index (χ2v) is 4.50. The fraction of sp³-hybridized carbons (Fsp3) is 0.571. The molecule has 0 fully saturated rings. The van der Waals surface area contributed by atoms with E-state index in [1.165, 1.54) is 56.0 Å². The lowest BCUT2D eigenvalue weighted by Crippen LogP contribution is -2.00. The zero-order valence-electron chi connectivity index (χ0n) is 10.3. The zero-order valence-corrected chi connectivity index (χ0v) is 10.3. The third-order valence-corrected chi connectivity index (χ3v) is 2.94. The molecule has 0 heterocycles. The van der Waals surface area contributed by atoms with E-state index in [0.29, 0.717) is 0 Å². The second kappa shape index (κ2) is 7.56. The average molecular weight is 202 g/mol. The SMILES string of the molecule is Bc1ccc(CCCCCCCC)cc1. The van der Waals surface area contributed by atoms with Crippen molar-refractivity contribution in [3.05, 3.63) is 29.8 Å². The van der Waals surface area contributed by atoms with E-state index in [1.54, 1.807) is 0 Å². The summed E-state index contributed by atoms with van der Waals surface area (Å²) >= 11 is 0. The van der Waals surface area contributed by atoms with Gasteiger partial charge in [0.1, 0.15) is 7.85 Å². The number of rotatable bonds is 7. The van der Waals surface area contributed by atoms with E-state index >= 15 is 0 Å². The minimum atomic E-state index is 1.26. The van der Waals surface area contributed by atoms with Crippen molar-refractivity contribution in [1.29, 1.82) is 0 Å². The average Bonchev–Trinajstić information content (AvgIpc) is 2.26. The lowest BCUT2D eigenvalue weighted by atomic mass is 9.94. The van der Waals surface area contributed by atoms with Crippen LogP contribution in [0.25, 0.3) is 0 Å². The first kappa shape index (κ1) is 12.4. The quantitative estimate of drug-likeness (QED) is 0.471. The van der Waals surface area contributed by atoms with Crippen molar-refractivity contribution in [2.24, 2.45) is 0 Å². The highest BCUT2D eigenvalue weighted by Gasteiger charge is 1.93. The van der Waals surface area contributed by atoms with Crippen LogP contribution in [-0.4, -0.2) is 7.85 Å². The highest BCUT2D eigenvalue weighted by Crippen LogP contribution is 2.08. The van der Waals surface area contributed by atoms with Crippen molar-refractivity contribution in [2.45, 2.75) is 51.9 Å². The fourth-order valence-electron chi connectivity index (χ4n) is 1.86. The molecule has 0 N–H and O–H groups in total. The highest BCUT2D eigenvalue weighted by atomic mass is 14.0. The van der Waals surface area contributed by atoms with Crippen molar-refractivity contribution >= 4 is 13.3 Å². The molecule has 0 aliphatic rings. The molecule has 1 aromatic carbocycles. The molecule has 0 atom stereocenters. The summed E-state index contributed by atoms with van der Waals surface area (Å²) in [4.78, 5) is 0. The molecule has 0 aromatic heterocycles. The first-order chi connectivity index (χ1) is 7.33. The van der Waals surface area contributed by atoms with Crippen LogP contribution in [0.4, 0.5) is 0 Å². The van der Waals surface area contributed by atoms with Crippen LogP contribution in [-0.2, 0) is 6.42 Å². The Morgan fingerprint density at radius 1 is 0.867 bits per heavy atom. The number of hydrogen-bond donors (Lipinski definition) is 0. The molecule has 0 nitrogen and oxygen atoms in total. The van der Waals surface area contributed by atoms with E-state index in [1.807, 2.05) is 0 Å². The maximum Gasteiger partial charge on any atom is 0.139 e. The van der Waals surface area contributed by atoms with Gasteiger partial charge in [-0.25, -0.2) is 0 Å². The smallest absolute Gasteiger partial charge is 0.0889 e. The maximum absolute atomic E-state index is 2.27. The van der Waals surface area contributed by atoms with Crippen LogP contribution in [0.15, 0.2) is 24.3 Å². The molecule has 0 aliphatic heterocycles. The number of benzene rings is 1. The van der Waals surface area contributed by atoms with Crippen molar-refractivity contribution in [3.8, 4) is 0 Å². The predicted octanol–water partition coefficient (Wildman–Crippen LogP) is 2.85. The van der Waals surface area contributed by atoms with E-state index in [2.05, 4.69) is 39.0 Å². The summed E-state index contributed by atoms with van der Waals surface area (Å²) in [7, 11) is 2.15. The summed E-state index contributed by atoms with van der Waals surface area (Å²) in [5, 5.41) is 0. The normalized spacial score (nSPS) is 10.5. The lowest BCUT2D eigenvalue weighted by molar-refractivity contribution is 0.607. The third-order valence-electron chi connectivity index (χ3n) is 2.94. The van der Waals surface area contributed by atoms with Gasteiger partial charge in [-0.3, -0.25) is 0 Å². The number of aryl methyl sites for hydroxylation is 1. The Hall–Kier alpha value is -0.715. The molecule has 1 heteroatoms. The van der Waals surface area contributed by atoms with Gasteiger partial charge in [0.2, 0.25) is 0 Å². The Balaban J connectivity index is 2.07. The molecule has 0 unspecified atom stereocenters. The molecule has 0 saturated carbocycles. The molecule has 1 rings (SSSR count). The van der Waals surface area contributed by atoms with Gasteiger partial charge in [-0.05, 0) is 18.4 Å². The van der Waals surface area contributed by atoms with Crippen LogP contribution < -0.4 is 5.46 Å². The lowest BCUT2D eigenvalue weighted by Gasteiger charge is -2.02. The molecular formula is C14H23B. The summed E-state index contributed by atoms with van der Waals surface area (Å²) in [6, 6.07) is 8.96. The van der Waals surface area contributed by atoms with Gasteiger partial charge in [-0.2, -0.15) is 0 Å². The first-order valence-electron chi connectivity index (χ1n) is 6.38. The number of hydrogen-bond acceptors (Lipinski definition) is 0. The van der Waals surface area contributed by atoms with E-state index in [4.69, 9.17) is 0 Å². The molecule has 0 radical (unpaired) electrons. The standard InChI is InChI=1S/C14H23B/c1-2-3-4-5-6-7-8-13-9-11-14(15)12-10-13/h9-12H,2-8,15H2,1H3. The van der Waals surface area contributed by atoms with E-state index in [0.717, 1.165) is 0 Å². The van der Waals surface area contributed by atoms with Crippen LogP contribution in [0.3, 0.4) is 0 Å². The summed E-state index contributed by atoms with van der Waals surface area (Å²) in [5.41, 5.74) is 2.86. The van der Waals surface area contributed by atoms with Crippen LogP contribution in [0.1, 0.15) is 51.0 Å². The van der Waals surface area contributed by atoms with Gasteiger partial charge in [0.25, 0.3) is 0 Å². The van der Waals surface area contributed by atoms with Gasteiger partial charge in [0.05, 0.1) is 0 Å². The Kier molecular flexibility index (Phi) is 6.23. The molecule has 0 spiro atoms. The van der Waals surface area contributed by atoms with Crippen LogP contribution >= 0.6 is 0 Å². The minimum Gasteiger partial charge on any atom is -0.0889 e. The molecule has 82 valence electrons. The van der Waals surface area contributed by atoms with Gasteiger partial charge in [-0.1, -0.05) is 68.8 Å². The second-order valence-electron chi connectivity index (χ2n) is 4.50. The third kappa shape index (κ3) is 5.66. The Labute approximate surface area is 95.5 Å². The Morgan fingerprint density at radius 2 is 1.47 bits per heavy atom. The van der Waals surface area contributed by atoms with Crippen molar-refractivity contribution in [3.63, 3.8) is 0 Å². The van der Waals surface area contributed by atoms with Gasteiger partial charge in [-0.15, -0.1) is 0 Å². The summed E-state index contributed by atoms with van der Waals surface area (Å²) in [5.74, 6) is 0. The monoisotopic (exact) mass is 202 g/mol. The van der Waals surface area contributed by atoms with E-state index < -0.39 is 0 Å². The fourth-order valence-corrected chi connectivity index (χ4v) is 1.86.